The second kappa shape index (κ2) is 3.97. The normalized spacial score (nSPS) is 15.8. The maximum Gasteiger partial charge on any atom is -0.00753 e. The van der Waals surface area contributed by atoms with Gasteiger partial charge in [-0.05, 0) is 83.0 Å². The van der Waals surface area contributed by atoms with Crippen molar-refractivity contribution in [2.24, 2.45) is 0 Å². The van der Waals surface area contributed by atoms with Gasteiger partial charge in [-0.1, -0.05) is 38.1 Å². The van der Waals surface area contributed by atoms with Crippen molar-refractivity contribution < 1.29 is 0 Å². The standard InChI is InChI=1S/C20H22/c1-11(2)19-12(3)5-14(6-13(19)4)15-7-16-9-18-10-17(8-15)20(16)18/h5-8,11,18H,9-10H2,1-4H3. The molecule has 0 aliphatic heterocycles. The molecule has 0 spiro atoms. The van der Waals surface area contributed by atoms with Crippen LogP contribution < -0.4 is 0 Å². The van der Waals surface area contributed by atoms with Gasteiger partial charge in [0.2, 0.25) is 0 Å². The third-order valence-corrected chi connectivity index (χ3v) is 5.20. The molecule has 0 aromatic heterocycles. The lowest BCUT2D eigenvalue weighted by Gasteiger charge is -2.42. The van der Waals surface area contributed by atoms with Crippen LogP contribution in [0.15, 0.2) is 24.3 Å². The van der Waals surface area contributed by atoms with Gasteiger partial charge < -0.3 is 0 Å². The molecule has 0 bridgehead atoms. The highest BCUT2D eigenvalue weighted by Gasteiger charge is 2.37. The van der Waals surface area contributed by atoms with Gasteiger partial charge in [-0.15, -0.1) is 0 Å². The van der Waals surface area contributed by atoms with E-state index in [4.69, 9.17) is 0 Å². The molecular formula is C20H22. The van der Waals surface area contributed by atoms with Gasteiger partial charge in [0.15, 0.2) is 0 Å². The first-order chi connectivity index (χ1) is 9.54. The van der Waals surface area contributed by atoms with Crippen LogP contribution in [0.1, 0.15) is 59.1 Å². The summed E-state index contributed by atoms with van der Waals surface area (Å²) in [5.74, 6) is 1.52. The molecule has 0 N–H and O–H groups in total. The van der Waals surface area contributed by atoms with Gasteiger partial charge in [0.05, 0.1) is 0 Å². The summed E-state index contributed by atoms with van der Waals surface area (Å²) in [6.45, 7) is 9.10. The van der Waals surface area contributed by atoms with E-state index >= 15 is 0 Å². The minimum atomic E-state index is 0.607. The van der Waals surface area contributed by atoms with E-state index in [1.807, 2.05) is 0 Å². The highest BCUT2D eigenvalue weighted by atomic mass is 14.4. The zero-order valence-corrected chi connectivity index (χ0v) is 12.9. The van der Waals surface area contributed by atoms with Crippen LogP contribution in [0.5, 0.6) is 0 Å². The average molecular weight is 262 g/mol. The molecule has 0 atom stereocenters. The molecule has 2 aromatic rings. The predicted octanol–water partition coefficient (Wildman–Crippen LogP) is 5.29. The monoisotopic (exact) mass is 262 g/mol. The number of benzene rings is 2. The van der Waals surface area contributed by atoms with Gasteiger partial charge in [-0.2, -0.15) is 0 Å². The van der Waals surface area contributed by atoms with E-state index in [0.717, 1.165) is 5.92 Å². The average Bonchev–Trinajstić information content (AvgIpc) is 2.29. The molecule has 20 heavy (non-hydrogen) atoms. The molecule has 2 aromatic carbocycles. The Bertz CT molecular complexity index is 669. The highest BCUT2D eigenvalue weighted by Crippen LogP contribution is 2.50. The lowest BCUT2D eigenvalue weighted by Crippen LogP contribution is -2.30. The largest absolute Gasteiger partial charge is 0.0587 e. The minimum Gasteiger partial charge on any atom is -0.0587 e. The van der Waals surface area contributed by atoms with Gasteiger partial charge in [-0.25, -0.2) is 0 Å². The van der Waals surface area contributed by atoms with Gasteiger partial charge in [0.1, 0.15) is 0 Å². The van der Waals surface area contributed by atoms with Crippen molar-refractivity contribution in [3.8, 4) is 11.1 Å². The first-order valence-corrected chi connectivity index (χ1v) is 7.82. The number of aryl methyl sites for hydroxylation is 2. The molecule has 0 nitrogen and oxygen atoms in total. The van der Waals surface area contributed by atoms with Crippen LogP contribution in [-0.2, 0) is 12.8 Å². The number of rotatable bonds is 2. The summed E-state index contributed by atoms with van der Waals surface area (Å²) < 4.78 is 0. The maximum atomic E-state index is 2.43. The summed E-state index contributed by atoms with van der Waals surface area (Å²) in [7, 11) is 0. The highest BCUT2D eigenvalue weighted by molar-refractivity contribution is 5.72. The van der Waals surface area contributed by atoms with Crippen LogP contribution in [0, 0.1) is 13.8 Å². The topological polar surface area (TPSA) is 0 Å². The van der Waals surface area contributed by atoms with E-state index in [2.05, 4.69) is 52.0 Å². The fourth-order valence-electron chi connectivity index (χ4n) is 4.40. The second-order valence-corrected chi connectivity index (χ2v) is 6.99. The van der Waals surface area contributed by atoms with Crippen LogP contribution in [-0.4, -0.2) is 0 Å². The van der Waals surface area contributed by atoms with Crippen LogP contribution in [0.2, 0.25) is 0 Å². The summed E-state index contributed by atoms with van der Waals surface area (Å²) in [5, 5.41) is 0. The van der Waals surface area contributed by atoms with E-state index < -0.39 is 0 Å². The van der Waals surface area contributed by atoms with E-state index in [9.17, 15) is 0 Å². The smallest absolute Gasteiger partial charge is 0.00753 e. The zero-order chi connectivity index (χ0) is 14.0. The molecule has 0 heterocycles. The van der Waals surface area contributed by atoms with E-state index in [1.54, 1.807) is 16.7 Å². The first kappa shape index (κ1) is 12.2. The summed E-state index contributed by atoms with van der Waals surface area (Å²) in [5.41, 5.74) is 12.1. The summed E-state index contributed by atoms with van der Waals surface area (Å²) in [6, 6.07) is 9.62. The molecule has 0 heteroatoms. The molecule has 0 unspecified atom stereocenters. The van der Waals surface area contributed by atoms with Crippen molar-refractivity contribution in [1.82, 2.24) is 0 Å². The zero-order valence-electron chi connectivity index (χ0n) is 12.9. The maximum absolute atomic E-state index is 2.43. The molecule has 2 aliphatic rings. The summed E-state index contributed by atoms with van der Waals surface area (Å²) in [4.78, 5) is 0. The van der Waals surface area contributed by atoms with E-state index in [-0.39, 0.29) is 0 Å². The number of hydrogen-bond acceptors (Lipinski definition) is 0. The molecule has 0 amide bonds. The van der Waals surface area contributed by atoms with Crippen molar-refractivity contribution >= 4 is 0 Å². The van der Waals surface area contributed by atoms with Crippen molar-refractivity contribution in [2.75, 3.05) is 0 Å². The SMILES string of the molecule is Cc1cc(-c2cc3c4c(c2)CC4C3)cc(C)c1C(C)C. The Labute approximate surface area is 121 Å². The van der Waals surface area contributed by atoms with Crippen molar-refractivity contribution in [3.05, 3.63) is 57.6 Å². The molecule has 0 fully saturated rings. The van der Waals surface area contributed by atoms with Crippen molar-refractivity contribution in [1.29, 1.82) is 0 Å². The fourth-order valence-corrected chi connectivity index (χ4v) is 4.40. The molecular weight excluding hydrogens is 240 g/mol. The third kappa shape index (κ3) is 1.54. The van der Waals surface area contributed by atoms with Crippen molar-refractivity contribution in [3.63, 3.8) is 0 Å². The molecule has 0 saturated heterocycles. The van der Waals surface area contributed by atoms with E-state index in [1.165, 1.54) is 40.7 Å². The van der Waals surface area contributed by atoms with Crippen molar-refractivity contribution in [2.45, 2.75) is 52.4 Å². The summed E-state index contributed by atoms with van der Waals surface area (Å²) >= 11 is 0. The Morgan fingerprint density at radius 3 is 1.80 bits per heavy atom. The molecule has 4 rings (SSSR count). The predicted molar refractivity (Wildman–Crippen MR) is 85.6 cm³/mol. The van der Waals surface area contributed by atoms with Crippen LogP contribution in [0.3, 0.4) is 0 Å². The fraction of sp³-hybridized carbons (Fsp3) is 0.400. The Kier molecular flexibility index (Phi) is 2.42. The lowest BCUT2D eigenvalue weighted by molar-refractivity contribution is 0.527. The van der Waals surface area contributed by atoms with Crippen LogP contribution >= 0.6 is 0 Å². The Morgan fingerprint density at radius 2 is 1.35 bits per heavy atom. The Hall–Kier alpha value is -1.56. The van der Waals surface area contributed by atoms with Gasteiger partial charge in [0, 0.05) is 0 Å². The van der Waals surface area contributed by atoms with Crippen LogP contribution in [0.25, 0.3) is 11.1 Å². The van der Waals surface area contributed by atoms with Gasteiger partial charge in [0.25, 0.3) is 0 Å². The first-order valence-electron chi connectivity index (χ1n) is 7.82. The lowest BCUT2D eigenvalue weighted by atomic mass is 9.62. The minimum absolute atomic E-state index is 0.607. The molecule has 2 aliphatic carbocycles. The Balaban J connectivity index is 1.83. The van der Waals surface area contributed by atoms with Gasteiger partial charge in [-0.3, -0.25) is 0 Å². The summed E-state index contributed by atoms with van der Waals surface area (Å²) in [6.07, 6.45) is 2.64. The van der Waals surface area contributed by atoms with Gasteiger partial charge >= 0.3 is 0 Å². The quantitative estimate of drug-likeness (QED) is 0.690. The second-order valence-electron chi connectivity index (χ2n) is 6.99. The van der Waals surface area contributed by atoms with E-state index in [0.29, 0.717) is 5.92 Å². The Morgan fingerprint density at radius 1 is 0.850 bits per heavy atom. The van der Waals surface area contributed by atoms with Crippen LogP contribution in [0.4, 0.5) is 0 Å². The molecule has 0 saturated carbocycles. The number of hydrogen-bond donors (Lipinski definition) is 0. The molecule has 0 radical (unpaired) electrons. The third-order valence-electron chi connectivity index (χ3n) is 5.20. The molecule has 102 valence electrons.